The Hall–Kier alpha value is -3.24. The molecule has 0 spiro atoms. The number of hydrogen-bond acceptors (Lipinski definition) is 8. The van der Waals surface area contributed by atoms with E-state index in [4.69, 9.17) is 16.3 Å². The van der Waals surface area contributed by atoms with Gasteiger partial charge in [0.15, 0.2) is 5.15 Å². The van der Waals surface area contributed by atoms with E-state index in [1.807, 2.05) is 0 Å². The van der Waals surface area contributed by atoms with E-state index in [2.05, 4.69) is 15.2 Å². The zero-order chi connectivity index (χ0) is 30.3. The van der Waals surface area contributed by atoms with Gasteiger partial charge in [-0.25, -0.2) is 13.2 Å². The van der Waals surface area contributed by atoms with E-state index in [1.54, 1.807) is 6.92 Å². The number of aliphatic hydroxyl groups is 1. The standard InChI is InChI=1S/C23H28ClF3N4O8S/c1-5-30-11-17(18(24)29-30)40(36,37)31-10-14(9-22(4,12-32)19(33)34)38-16-7-6-13(8-15(16)31)28-20(35)39-21(2,3)23(25,26)27/h6-8,11,14,32H,5,9-10,12H2,1-4H3,(H,28,35)(H,33,34). The highest BCUT2D eigenvalue weighted by molar-refractivity contribution is 7.93. The van der Waals surface area contributed by atoms with Crippen LogP contribution in [0.4, 0.5) is 29.3 Å². The van der Waals surface area contributed by atoms with Crippen molar-refractivity contribution in [2.45, 2.75) is 63.4 Å². The SMILES string of the molecule is CCn1cc(S(=O)(=O)N2CC(CC(C)(CO)C(=O)O)Oc3ccc(NC(=O)OC(C)(C)C(F)(F)F)cc32)c(Cl)n1. The summed E-state index contributed by atoms with van der Waals surface area (Å²) in [6, 6.07) is 3.63. The molecule has 0 saturated carbocycles. The third-order valence-corrected chi connectivity index (χ3v) is 8.46. The molecular formula is C23H28ClF3N4O8S. The molecule has 12 nitrogen and oxygen atoms in total. The first-order valence-corrected chi connectivity index (χ1v) is 13.6. The maximum atomic E-state index is 13.8. The van der Waals surface area contributed by atoms with Gasteiger partial charge in [0.1, 0.15) is 16.7 Å². The van der Waals surface area contributed by atoms with Gasteiger partial charge in [-0.15, -0.1) is 0 Å². The third kappa shape index (κ3) is 6.23. The molecule has 2 atom stereocenters. The van der Waals surface area contributed by atoms with Crippen LogP contribution in [0.15, 0.2) is 29.3 Å². The number of anilines is 2. The number of nitrogens with one attached hydrogen (secondary N) is 1. The van der Waals surface area contributed by atoms with Crippen LogP contribution in [-0.4, -0.2) is 71.5 Å². The summed E-state index contributed by atoms with van der Waals surface area (Å²) in [4.78, 5) is 23.6. The van der Waals surface area contributed by atoms with Crippen molar-refractivity contribution in [3.63, 3.8) is 0 Å². The van der Waals surface area contributed by atoms with E-state index >= 15 is 0 Å². The topological polar surface area (TPSA) is 160 Å². The Morgan fingerprint density at radius 1 is 1.27 bits per heavy atom. The molecule has 2 unspecified atom stereocenters. The van der Waals surface area contributed by atoms with Crippen molar-refractivity contribution in [3.8, 4) is 5.75 Å². The zero-order valence-electron chi connectivity index (χ0n) is 21.8. The first kappa shape index (κ1) is 31.3. The molecule has 0 radical (unpaired) electrons. The first-order chi connectivity index (χ1) is 18.3. The first-order valence-electron chi connectivity index (χ1n) is 11.8. The predicted molar refractivity (Wildman–Crippen MR) is 136 cm³/mol. The van der Waals surface area contributed by atoms with Crippen molar-refractivity contribution < 1.29 is 50.9 Å². The molecule has 1 aromatic heterocycles. The molecule has 3 N–H and O–H groups in total. The molecule has 0 bridgehead atoms. The van der Waals surface area contributed by atoms with Crippen molar-refractivity contribution in [1.82, 2.24) is 9.78 Å². The summed E-state index contributed by atoms with van der Waals surface area (Å²) >= 11 is 6.11. The number of fused-ring (bicyclic) bond motifs is 1. The van der Waals surface area contributed by atoms with Crippen LogP contribution in [0.5, 0.6) is 5.75 Å². The summed E-state index contributed by atoms with van der Waals surface area (Å²) in [6.07, 6.45) is -6.43. The molecule has 1 amide bonds. The number of aliphatic carboxylic acids is 1. The number of ether oxygens (including phenoxy) is 2. The van der Waals surface area contributed by atoms with Crippen molar-refractivity contribution in [2.24, 2.45) is 5.41 Å². The van der Waals surface area contributed by atoms with Crippen LogP contribution in [0.3, 0.4) is 0 Å². The molecule has 2 heterocycles. The van der Waals surface area contributed by atoms with Crippen LogP contribution < -0.4 is 14.4 Å². The lowest BCUT2D eigenvalue weighted by Gasteiger charge is -2.38. The van der Waals surface area contributed by atoms with E-state index in [9.17, 15) is 41.4 Å². The van der Waals surface area contributed by atoms with Crippen LogP contribution in [0.2, 0.25) is 5.15 Å². The minimum absolute atomic E-state index is 0.0425. The lowest BCUT2D eigenvalue weighted by atomic mass is 9.85. The van der Waals surface area contributed by atoms with Gasteiger partial charge in [0.2, 0.25) is 5.60 Å². The highest BCUT2D eigenvalue weighted by atomic mass is 35.5. The predicted octanol–water partition coefficient (Wildman–Crippen LogP) is 3.88. The van der Waals surface area contributed by atoms with E-state index in [1.165, 1.54) is 29.9 Å². The van der Waals surface area contributed by atoms with E-state index in [0.29, 0.717) is 20.4 Å². The van der Waals surface area contributed by atoms with Gasteiger partial charge in [-0.3, -0.25) is 19.1 Å². The molecule has 0 saturated heterocycles. The van der Waals surface area contributed by atoms with E-state index in [-0.39, 0.29) is 33.6 Å². The summed E-state index contributed by atoms with van der Waals surface area (Å²) in [5, 5.41) is 25.0. The number of carbonyl (C=O) groups excluding carboxylic acids is 1. The molecule has 17 heteroatoms. The minimum atomic E-state index is -4.85. The normalized spacial score (nSPS) is 17.4. The summed E-state index contributed by atoms with van der Waals surface area (Å²) in [7, 11) is -4.47. The smallest absolute Gasteiger partial charge is 0.427 e. The average molecular weight is 613 g/mol. The van der Waals surface area contributed by atoms with Gasteiger partial charge in [-0.1, -0.05) is 11.6 Å². The Balaban J connectivity index is 2.03. The van der Waals surface area contributed by atoms with Gasteiger partial charge in [-0.05, 0) is 45.9 Å². The fraction of sp³-hybridized carbons (Fsp3) is 0.522. The second-order valence-corrected chi connectivity index (χ2v) is 12.0. The summed E-state index contributed by atoms with van der Waals surface area (Å²) in [5.74, 6) is -1.37. The Bertz CT molecular complexity index is 1400. The fourth-order valence-corrected chi connectivity index (χ4v) is 5.66. The van der Waals surface area contributed by atoms with Crippen LogP contribution in [0.1, 0.15) is 34.1 Å². The Labute approximate surface area is 232 Å². The number of benzene rings is 1. The highest BCUT2D eigenvalue weighted by Gasteiger charge is 2.51. The number of amides is 1. The number of rotatable bonds is 9. The number of carboxylic acid groups (broad SMARTS) is 1. The molecule has 2 aromatic rings. The molecule has 3 rings (SSSR count). The molecule has 1 aliphatic rings. The van der Waals surface area contributed by atoms with Crippen LogP contribution in [0.25, 0.3) is 0 Å². The third-order valence-electron chi connectivity index (χ3n) is 6.29. The van der Waals surface area contributed by atoms with Crippen LogP contribution >= 0.6 is 11.6 Å². The summed E-state index contributed by atoms with van der Waals surface area (Å²) in [5.41, 5.74) is -4.72. The Morgan fingerprint density at radius 3 is 2.45 bits per heavy atom. The Morgan fingerprint density at radius 2 is 1.93 bits per heavy atom. The molecular weight excluding hydrogens is 585 g/mol. The molecule has 222 valence electrons. The Kier molecular flexibility index (Phi) is 8.58. The minimum Gasteiger partial charge on any atom is -0.486 e. The van der Waals surface area contributed by atoms with Gasteiger partial charge in [-0.2, -0.15) is 18.3 Å². The maximum Gasteiger partial charge on any atom is 0.427 e. The van der Waals surface area contributed by atoms with Gasteiger partial charge < -0.3 is 19.7 Å². The van der Waals surface area contributed by atoms with Gasteiger partial charge in [0, 0.05) is 24.8 Å². The van der Waals surface area contributed by atoms with E-state index in [0.717, 1.165) is 10.4 Å². The second kappa shape index (κ2) is 11.0. The van der Waals surface area contributed by atoms with Crippen molar-refractivity contribution in [2.75, 3.05) is 22.8 Å². The fourth-order valence-electron chi connectivity index (χ4n) is 3.71. The van der Waals surface area contributed by atoms with Crippen LogP contribution in [0, 0.1) is 5.41 Å². The molecule has 0 fully saturated rings. The summed E-state index contributed by atoms with van der Waals surface area (Å²) < 4.78 is 79.5. The highest BCUT2D eigenvalue weighted by Crippen LogP contribution is 2.42. The quantitative estimate of drug-likeness (QED) is 0.382. The lowest BCUT2D eigenvalue weighted by Crippen LogP contribution is -2.47. The number of aryl methyl sites for hydroxylation is 1. The van der Waals surface area contributed by atoms with E-state index < -0.39 is 58.5 Å². The monoisotopic (exact) mass is 612 g/mol. The number of nitrogens with zero attached hydrogens (tertiary/aromatic N) is 3. The van der Waals surface area contributed by atoms with Crippen molar-refractivity contribution in [1.29, 1.82) is 0 Å². The van der Waals surface area contributed by atoms with Gasteiger partial charge in [0.25, 0.3) is 10.0 Å². The number of aromatic nitrogens is 2. The number of aliphatic hydroxyl groups excluding tert-OH is 1. The number of sulfonamides is 1. The molecule has 40 heavy (non-hydrogen) atoms. The van der Waals surface area contributed by atoms with Crippen molar-refractivity contribution in [3.05, 3.63) is 29.5 Å². The van der Waals surface area contributed by atoms with Crippen LogP contribution in [-0.2, 0) is 26.1 Å². The summed E-state index contributed by atoms with van der Waals surface area (Å²) in [6.45, 7) is 3.43. The van der Waals surface area contributed by atoms with Crippen molar-refractivity contribution >= 4 is 45.1 Å². The largest absolute Gasteiger partial charge is 0.486 e. The maximum absolute atomic E-state index is 13.8. The second-order valence-electron chi connectivity index (χ2n) is 9.85. The number of hydrogen-bond donors (Lipinski definition) is 3. The number of alkyl halides is 3. The molecule has 0 aliphatic carbocycles. The van der Waals surface area contributed by atoms with Gasteiger partial charge in [0.05, 0.1) is 24.3 Å². The number of carbonyl (C=O) groups is 2. The number of carboxylic acids is 1. The number of halogens is 4. The molecule has 1 aromatic carbocycles. The lowest BCUT2D eigenvalue weighted by molar-refractivity contribution is -0.242. The average Bonchev–Trinajstić information content (AvgIpc) is 3.24. The molecule has 1 aliphatic heterocycles. The van der Waals surface area contributed by atoms with Gasteiger partial charge >= 0.3 is 18.2 Å². The zero-order valence-corrected chi connectivity index (χ0v) is 23.4.